The number of fused-ring (bicyclic) bond motifs is 2. The molecule has 3 aliphatic heterocycles. The van der Waals surface area contributed by atoms with Gasteiger partial charge in [-0.2, -0.15) is 9.97 Å². The van der Waals surface area contributed by atoms with E-state index in [1.54, 1.807) is 0 Å². The number of ether oxygens (including phenoxy) is 1. The number of hydrogen-bond donors (Lipinski definition) is 1. The lowest BCUT2D eigenvalue weighted by Gasteiger charge is -2.35. The number of aromatic hydroxyl groups is 1. The van der Waals surface area contributed by atoms with E-state index in [0.717, 1.165) is 60.6 Å². The number of rotatable bonds is 7. The van der Waals surface area contributed by atoms with Crippen molar-refractivity contribution in [2.75, 3.05) is 49.1 Å². The molecule has 0 saturated carbocycles. The van der Waals surface area contributed by atoms with Crippen LogP contribution in [0, 0.1) is 0 Å². The van der Waals surface area contributed by atoms with Crippen molar-refractivity contribution in [3.63, 3.8) is 0 Å². The monoisotopic (exact) mass is 501 g/mol. The maximum atomic E-state index is 10.4. The van der Waals surface area contributed by atoms with Gasteiger partial charge in [-0.05, 0) is 69.5 Å². The Labute approximate surface area is 220 Å². The normalized spacial score (nSPS) is 20.4. The van der Waals surface area contributed by atoms with E-state index in [2.05, 4.69) is 39.8 Å². The van der Waals surface area contributed by atoms with Crippen molar-refractivity contribution in [3.05, 3.63) is 47.7 Å². The van der Waals surface area contributed by atoms with Gasteiger partial charge in [-0.1, -0.05) is 31.2 Å². The van der Waals surface area contributed by atoms with Gasteiger partial charge < -0.3 is 19.6 Å². The molecule has 3 aromatic rings. The van der Waals surface area contributed by atoms with Gasteiger partial charge in [-0.15, -0.1) is 0 Å². The molecule has 4 heterocycles. The molecule has 0 amide bonds. The van der Waals surface area contributed by atoms with Crippen LogP contribution in [0.2, 0.25) is 0 Å². The highest BCUT2D eigenvalue weighted by atomic mass is 16.5. The average molecular weight is 502 g/mol. The molecule has 7 heteroatoms. The van der Waals surface area contributed by atoms with Crippen LogP contribution in [0.15, 0.2) is 36.4 Å². The summed E-state index contributed by atoms with van der Waals surface area (Å²) in [6.45, 7) is 8.86. The van der Waals surface area contributed by atoms with Gasteiger partial charge in [-0.3, -0.25) is 4.90 Å². The maximum absolute atomic E-state index is 10.4. The summed E-state index contributed by atoms with van der Waals surface area (Å²) in [5.74, 6) is 1.38. The molecule has 7 nitrogen and oxygen atoms in total. The number of phenols is 1. The highest BCUT2D eigenvalue weighted by molar-refractivity contribution is 5.95. The van der Waals surface area contributed by atoms with E-state index in [0.29, 0.717) is 31.0 Å². The third-order valence-corrected chi connectivity index (χ3v) is 8.26. The molecule has 6 rings (SSSR count). The first-order valence-electron chi connectivity index (χ1n) is 14.2. The molecule has 0 spiro atoms. The minimum Gasteiger partial charge on any atom is -0.508 e. The van der Waals surface area contributed by atoms with Crippen molar-refractivity contribution < 1.29 is 9.84 Å². The molecule has 1 atom stereocenters. The SMILES string of the molecule is CCCN1CCC[C@H]1COc1nc2c(c(N3CCCCC3)n1)CCN(c1cc(O)cc3ccccc13)C2. The summed E-state index contributed by atoms with van der Waals surface area (Å²) in [6.07, 6.45) is 8.20. The van der Waals surface area contributed by atoms with Gasteiger partial charge in [0.2, 0.25) is 0 Å². The van der Waals surface area contributed by atoms with Gasteiger partial charge in [0, 0.05) is 48.4 Å². The molecule has 0 bridgehead atoms. The lowest BCUT2D eigenvalue weighted by atomic mass is 10.0. The predicted octanol–water partition coefficient (Wildman–Crippen LogP) is 5.14. The summed E-state index contributed by atoms with van der Waals surface area (Å²) in [7, 11) is 0. The Morgan fingerprint density at radius 2 is 1.84 bits per heavy atom. The van der Waals surface area contributed by atoms with E-state index in [9.17, 15) is 5.11 Å². The van der Waals surface area contributed by atoms with Crippen LogP contribution in [0.1, 0.15) is 56.7 Å². The molecule has 0 aliphatic carbocycles. The van der Waals surface area contributed by atoms with E-state index in [1.165, 1.54) is 50.6 Å². The van der Waals surface area contributed by atoms with Gasteiger partial charge in [0.05, 0.1) is 12.2 Å². The Kier molecular flexibility index (Phi) is 7.05. The standard InChI is InChI=1S/C30H39N5O2/c1-2-13-33-16-8-10-23(33)21-37-30-31-27-20-35(28-19-24(36)18-22-9-4-5-11-25(22)28)17-12-26(27)29(32-30)34-14-6-3-7-15-34/h4-5,9,11,18-19,23,36H,2-3,6-8,10,12-17,20-21H2,1H3/t23-/m0/s1. The zero-order valence-electron chi connectivity index (χ0n) is 22.0. The summed E-state index contributed by atoms with van der Waals surface area (Å²) in [6, 6.07) is 13.0. The molecule has 1 aromatic heterocycles. The van der Waals surface area contributed by atoms with Gasteiger partial charge in [-0.25, -0.2) is 0 Å². The Hall–Kier alpha value is -3.06. The van der Waals surface area contributed by atoms with Crippen molar-refractivity contribution in [3.8, 4) is 11.8 Å². The molecule has 2 aromatic carbocycles. The van der Waals surface area contributed by atoms with E-state index < -0.39 is 0 Å². The maximum Gasteiger partial charge on any atom is 0.318 e. The zero-order valence-corrected chi connectivity index (χ0v) is 22.0. The Morgan fingerprint density at radius 3 is 2.70 bits per heavy atom. The molecular weight excluding hydrogens is 462 g/mol. The molecule has 2 fully saturated rings. The van der Waals surface area contributed by atoms with E-state index >= 15 is 0 Å². The van der Waals surface area contributed by atoms with E-state index in [1.807, 2.05) is 18.2 Å². The van der Waals surface area contributed by atoms with Gasteiger partial charge in [0.1, 0.15) is 18.2 Å². The minimum atomic E-state index is 0.299. The summed E-state index contributed by atoms with van der Waals surface area (Å²) in [5, 5.41) is 12.7. The van der Waals surface area contributed by atoms with Crippen LogP contribution in [0.25, 0.3) is 10.8 Å². The van der Waals surface area contributed by atoms with Crippen molar-refractivity contribution in [1.82, 2.24) is 14.9 Å². The average Bonchev–Trinajstić information content (AvgIpc) is 3.38. The van der Waals surface area contributed by atoms with Crippen molar-refractivity contribution in [1.29, 1.82) is 0 Å². The number of hydrogen-bond acceptors (Lipinski definition) is 7. The predicted molar refractivity (Wildman–Crippen MR) is 149 cm³/mol. The van der Waals surface area contributed by atoms with Crippen LogP contribution in [0.4, 0.5) is 11.5 Å². The van der Waals surface area contributed by atoms with Gasteiger partial charge in [0.15, 0.2) is 0 Å². The summed E-state index contributed by atoms with van der Waals surface area (Å²) < 4.78 is 6.35. The molecule has 196 valence electrons. The molecule has 0 radical (unpaired) electrons. The fourth-order valence-corrected chi connectivity index (χ4v) is 6.40. The first-order valence-corrected chi connectivity index (χ1v) is 14.2. The van der Waals surface area contributed by atoms with Crippen LogP contribution < -0.4 is 14.5 Å². The van der Waals surface area contributed by atoms with Gasteiger partial charge in [0.25, 0.3) is 0 Å². The number of likely N-dealkylation sites (tertiary alicyclic amines) is 1. The van der Waals surface area contributed by atoms with Crippen molar-refractivity contribution in [2.24, 2.45) is 0 Å². The fraction of sp³-hybridized carbons (Fsp3) is 0.533. The Balaban J connectivity index is 1.31. The second-order valence-electron chi connectivity index (χ2n) is 10.8. The minimum absolute atomic E-state index is 0.299. The fourth-order valence-electron chi connectivity index (χ4n) is 6.40. The summed E-state index contributed by atoms with van der Waals surface area (Å²) in [5.41, 5.74) is 3.38. The summed E-state index contributed by atoms with van der Waals surface area (Å²) >= 11 is 0. The first-order chi connectivity index (χ1) is 18.2. The lowest BCUT2D eigenvalue weighted by Crippen LogP contribution is -2.37. The molecular formula is C30H39N5O2. The molecule has 37 heavy (non-hydrogen) atoms. The van der Waals surface area contributed by atoms with E-state index in [4.69, 9.17) is 14.7 Å². The van der Waals surface area contributed by atoms with Gasteiger partial charge >= 0.3 is 6.01 Å². The van der Waals surface area contributed by atoms with Crippen LogP contribution >= 0.6 is 0 Å². The molecule has 2 saturated heterocycles. The molecule has 0 unspecified atom stereocenters. The first kappa shape index (κ1) is 24.3. The highest BCUT2D eigenvalue weighted by Crippen LogP contribution is 2.36. The number of phenolic OH excluding ortho intramolecular Hbond substituents is 1. The number of anilines is 2. The molecule has 1 N–H and O–H groups in total. The molecule has 3 aliphatic rings. The number of piperidine rings is 1. The van der Waals surface area contributed by atoms with Crippen LogP contribution in [0.3, 0.4) is 0 Å². The zero-order chi connectivity index (χ0) is 25.2. The largest absolute Gasteiger partial charge is 0.508 e. The quantitative estimate of drug-likeness (QED) is 0.481. The van der Waals surface area contributed by atoms with Crippen molar-refractivity contribution >= 4 is 22.3 Å². The lowest BCUT2D eigenvalue weighted by molar-refractivity contribution is 0.164. The third kappa shape index (κ3) is 5.06. The highest BCUT2D eigenvalue weighted by Gasteiger charge is 2.29. The van der Waals surface area contributed by atoms with Crippen LogP contribution in [0.5, 0.6) is 11.8 Å². The number of benzene rings is 2. The van der Waals surface area contributed by atoms with Crippen LogP contribution in [-0.2, 0) is 13.0 Å². The Morgan fingerprint density at radius 1 is 0.973 bits per heavy atom. The van der Waals surface area contributed by atoms with Crippen molar-refractivity contribution in [2.45, 2.75) is 64.5 Å². The Bertz CT molecular complexity index is 1240. The second kappa shape index (κ2) is 10.7. The number of nitrogens with zero attached hydrogens (tertiary/aromatic N) is 5. The second-order valence-corrected chi connectivity index (χ2v) is 10.8. The van der Waals surface area contributed by atoms with Crippen LogP contribution in [-0.4, -0.2) is 65.3 Å². The topological polar surface area (TPSA) is 65.0 Å². The smallest absolute Gasteiger partial charge is 0.318 e. The number of aromatic nitrogens is 2. The summed E-state index contributed by atoms with van der Waals surface area (Å²) in [4.78, 5) is 17.4. The van der Waals surface area contributed by atoms with E-state index in [-0.39, 0.29) is 0 Å². The third-order valence-electron chi connectivity index (χ3n) is 8.26.